The van der Waals surface area contributed by atoms with E-state index in [-0.39, 0.29) is 11.4 Å². The number of anilines is 1. The number of nitrogens with zero attached hydrogens (tertiary/aromatic N) is 3. The molecule has 0 unspecified atom stereocenters. The first-order valence-corrected chi connectivity index (χ1v) is 7.98. The fourth-order valence-electron chi connectivity index (χ4n) is 2.03. The van der Waals surface area contributed by atoms with Crippen LogP contribution in [0.15, 0.2) is 53.9 Å². The third kappa shape index (κ3) is 2.95. The third-order valence-electron chi connectivity index (χ3n) is 3.05. The molecule has 1 aromatic heterocycles. The molecule has 0 amide bonds. The Hall–Kier alpha value is -2.88. The van der Waals surface area contributed by atoms with Crippen molar-refractivity contribution in [2.24, 2.45) is 0 Å². The van der Waals surface area contributed by atoms with Crippen LogP contribution >= 0.6 is 0 Å². The monoisotopic (exact) mass is 354 g/mol. The van der Waals surface area contributed by atoms with Crippen LogP contribution < -0.4 is 4.72 Å². The summed E-state index contributed by atoms with van der Waals surface area (Å²) in [5, 5.41) is 3.75. The highest BCUT2D eigenvalue weighted by Gasteiger charge is 2.24. The van der Waals surface area contributed by atoms with Crippen LogP contribution in [0, 0.1) is 17.5 Å². The van der Waals surface area contributed by atoms with Gasteiger partial charge in [-0.3, -0.25) is 4.72 Å². The fraction of sp³-hybridized carbons (Fsp3) is 0. The lowest BCUT2D eigenvalue weighted by Gasteiger charge is -2.11. The number of sulfonamides is 1. The van der Waals surface area contributed by atoms with E-state index in [4.69, 9.17) is 0 Å². The molecule has 124 valence electrons. The maximum absolute atomic E-state index is 14.1. The van der Waals surface area contributed by atoms with E-state index in [1.165, 1.54) is 24.8 Å². The van der Waals surface area contributed by atoms with Gasteiger partial charge in [0.2, 0.25) is 0 Å². The van der Waals surface area contributed by atoms with Gasteiger partial charge < -0.3 is 0 Å². The van der Waals surface area contributed by atoms with Gasteiger partial charge in [0, 0.05) is 6.07 Å². The predicted octanol–water partition coefficient (Wildman–Crippen LogP) is 2.49. The van der Waals surface area contributed by atoms with Crippen LogP contribution in [0.4, 0.5) is 18.9 Å². The highest BCUT2D eigenvalue weighted by Crippen LogP contribution is 2.23. The zero-order valence-corrected chi connectivity index (χ0v) is 12.6. The van der Waals surface area contributed by atoms with Crippen LogP contribution in [0.1, 0.15) is 0 Å². The molecule has 0 saturated heterocycles. The molecule has 1 N–H and O–H groups in total. The van der Waals surface area contributed by atoms with Crippen LogP contribution in [0.3, 0.4) is 0 Å². The summed E-state index contributed by atoms with van der Waals surface area (Å²) in [5.74, 6) is -3.29. The van der Waals surface area contributed by atoms with E-state index in [9.17, 15) is 21.6 Å². The Morgan fingerprint density at radius 1 is 1.00 bits per heavy atom. The molecule has 24 heavy (non-hydrogen) atoms. The summed E-state index contributed by atoms with van der Waals surface area (Å²) in [6, 6.07) is 6.01. The van der Waals surface area contributed by atoms with Gasteiger partial charge in [-0.2, -0.15) is 5.10 Å². The van der Waals surface area contributed by atoms with Crippen LogP contribution in [0.2, 0.25) is 0 Å². The average molecular weight is 354 g/mol. The Bertz CT molecular complexity index is 971. The van der Waals surface area contributed by atoms with Crippen molar-refractivity contribution in [2.75, 3.05) is 4.72 Å². The molecule has 0 radical (unpaired) electrons. The molecule has 2 aromatic carbocycles. The maximum atomic E-state index is 14.1. The number of aromatic nitrogens is 3. The molecular formula is C14H9F3N4O2S. The third-order valence-corrected chi connectivity index (χ3v) is 4.49. The number of benzene rings is 2. The molecule has 3 aromatic rings. The minimum atomic E-state index is -4.56. The first-order chi connectivity index (χ1) is 11.4. The molecule has 0 aliphatic heterocycles. The molecule has 3 rings (SSSR count). The molecule has 1 heterocycles. The van der Waals surface area contributed by atoms with Gasteiger partial charge in [0.25, 0.3) is 10.0 Å². The van der Waals surface area contributed by atoms with Gasteiger partial charge in [-0.25, -0.2) is 31.3 Å². The first kappa shape index (κ1) is 16.0. The van der Waals surface area contributed by atoms with Gasteiger partial charge >= 0.3 is 0 Å². The summed E-state index contributed by atoms with van der Waals surface area (Å²) in [6.45, 7) is 0. The van der Waals surface area contributed by atoms with Gasteiger partial charge in [-0.15, -0.1) is 0 Å². The van der Waals surface area contributed by atoms with Gasteiger partial charge in [0.05, 0.1) is 5.69 Å². The van der Waals surface area contributed by atoms with Gasteiger partial charge in [-0.05, 0) is 24.3 Å². The Morgan fingerprint density at radius 2 is 1.71 bits per heavy atom. The smallest absolute Gasteiger partial charge is 0.267 e. The molecule has 10 heteroatoms. The van der Waals surface area contributed by atoms with Gasteiger partial charge in [-0.1, -0.05) is 6.07 Å². The Morgan fingerprint density at radius 3 is 2.29 bits per heavy atom. The fourth-order valence-corrected chi connectivity index (χ4v) is 3.22. The Kier molecular flexibility index (Phi) is 3.97. The summed E-state index contributed by atoms with van der Waals surface area (Å²) < 4.78 is 68.7. The number of halogens is 3. The van der Waals surface area contributed by atoms with Crippen molar-refractivity contribution in [1.82, 2.24) is 14.8 Å². The second kappa shape index (κ2) is 5.96. The Labute approximate surface area is 134 Å². The van der Waals surface area contributed by atoms with E-state index in [0.29, 0.717) is 0 Å². The van der Waals surface area contributed by atoms with Crippen LogP contribution in [0.25, 0.3) is 5.69 Å². The molecular weight excluding hydrogens is 345 g/mol. The highest BCUT2D eigenvalue weighted by atomic mass is 32.2. The Balaban J connectivity index is 1.95. The van der Waals surface area contributed by atoms with E-state index in [1.54, 1.807) is 0 Å². The number of nitrogens with one attached hydrogen (secondary N) is 1. The van der Waals surface area contributed by atoms with E-state index < -0.39 is 32.4 Å². The van der Waals surface area contributed by atoms with Crippen LogP contribution in [-0.4, -0.2) is 23.2 Å². The van der Waals surface area contributed by atoms with Crippen molar-refractivity contribution in [2.45, 2.75) is 4.90 Å². The molecule has 0 spiro atoms. The van der Waals surface area contributed by atoms with E-state index >= 15 is 0 Å². The highest BCUT2D eigenvalue weighted by molar-refractivity contribution is 7.92. The summed E-state index contributed by atoms with van der Waals surface area (Å²) in [7, 11) is -4.56. The van der Waals surface area contributed by atoms with Crippen molar-refractivity contribution in [1.29, 1.82) is 0 Å². The molecule has 0 saturated carbocycles. The van der Waals surface area contributed by atoms with Gasteiger partial charge in [0.15, 0.2) is 10.7 Å². The number of hydrogen-bond donors (Lipinski definition) is 1. The lowest BCUT2D eigenvalue weighted by atomic mass is 10.3. The minimum Gasteiger partial charge on any atom is -0.279 e. The van der Waals surface area contributed by atoms with E-state index in [2.05, 4.69) is 10.1 Å². The minimum absolute atomic E-state index is 0.0347. The molecule has 0 aliphatic carbocycles. The normalized spacial score (nSPS) is 11.5. The second-order valence-corrected chi connectivity index (χ2v) is 6.28. The topological polar surface area (TPSA) is 76.9 Å². The summed E-state index contributed by atoms with van der Waals surface area (Å²) >= 11 is 0. The molecule has 0 fully saturated rings. The molecule has 0 atom stereocenters. The van der Waals surface area contributed by atoms with Crippen LogP contribution in [-0.2, 0) is 10.0 Å². The second-order valence-electron chi connectivity index (χ2n) is 4.66. The number of rotatable bonds is 4. The SMILES string of the molecule is O=S(=O)(Nc1ccc(-n2cncn2)c(F)c1)c1c(F)cccc1F. The van der Waals surface area contributed by atoms with Crippen molar-refractivity contribution >= 4 is 15.7 Å². The average Bonchev–Trinajstić information content (AvgIpc) is 3.00. The quantitative estimate of drug-likeness (QED) is 0.781. The van der Waals surface area contributed by atoms with Crippen molar-refractivity contribution < 1.29 is 21.6 Å². The van der Waals surface area contributed by atoms with Gasteiger partial charge in [0.1, 0.15) is 30.0 Å². The van der Waals surface area contributed by atoms with E-state index in [0.717, 1.165) is 28.9 Å². The zero-order valence-electron chi connectivity index (χ0n) is 11.8. The number of hydrogen-bond acceptors (Lipinski definition) is 4. The largest absolute Gasteiger partial charge is 0.279 e. The summed E-state index contributed by atoms with van der Waals surface area (Å²) in [4.78, 5) is 2.54. The molecule has 6 nitrogen and oxygen atoms in total. The molecule has 0 bridgehead atoms. The standard InChI is InChI=1S/C14H9F3N4O2S/c15-10-2-1-3-11(16)14(10)24(22,23)20-9-4-5-13(12(17)6-9)21-8-18-7-19-21/h1-8,20H. The summed E-state index contributed by atoms with van der Waals surface area (Å²) in [5.41, 5.74) is -0.161. The first-order valence-electron chi connectivity index (χ1n) is 6.50. The summed E-state index contributed by atoms with van der Waals surface area (Å²) in [6.07, 6.45) is 2.47. The maximum Gasteiger partial charge on any atom is 0.267 e. The lowest BCUT2D eigenvalue weighted by molar-refractivity contribution is 0.521. The van der Waals surface area contributed by atoms with E-state index in [1.807, 2.05) is 4.72 Å². The van der Waals surface area contributed by atoms with Crippen LogP contribution in [0.5, 0.6) is 0 Å². The lowest BCUT2D eigenvalue weighted by Crippen LogP contribution is -2.16. The van der Waals surface area contributed by atoms with Crippen molar-refractivity contribution in [3.8, 4) is 5.69 Å². The predicted molar refractivity (Wildman–Crippen MR) is 78.5 cm³/mol. The van der Waals surface area contributed by atoms with Crippen molar-refractivity contribution in [3.63, 3.8) is 0 Å². The van der Waals surface area contributed by atoms with Crippen molar-refractivity contribution in [3.05, 3.63) is 66.5 Å². The zero-order chi connectivity index (χ0) is 17.3. The molecule has 0 aliphatic rings.